The molecular formula is C26H34N4O2S. The molecule has 7 heteroatoms. The molecule has 0 aromatic heterocycles. The molecule has 2 heterocycles. The van der Waals surface area contributed by atoms with Crippen LogP contribution >= 0.6 is 11.8 Å². The third-order valence-corrected chi connectivity index (χ3v) is 7.72. The lowest BCUT2D eigenvalue weighted by Gasteiger charge is -2.35. The fourth-order valence-corrected chi connectivity index (χ4v) is 5.63. The van der Waals surface area contributed by atoms with E-state index in [0.717, 1.165) is 61.6 Å². The van der Waals surface area contributed by atoms with Crippen LogP contribution in [0.15, 0.2) is 47.4 Å². The molecule has 2 aliphatic rings. The topological polar surface area (TPSA) is 55.9 Å². The van der Waals surface area contributed by atoms with Gasteiger partial charge in [0.25, 0.3) is 0 Å². The number of piperazine rings is 1. The van der Waals surface area contributed by atoms with Gasteiger partial charge in [0.05, 0.1) is 18.8 Å². The number of carbonyl (C=O) groups excluding carboxylic acids is 2. The molecule has 0 aliphatic carbocycles. The van der Waals surface area contributed by atoms with Gasteiger partial charge in [0.15, 0.2) is 0 Å². The van der Waals surface area contributed by atoms with Crippen LogP contribution in [0.1, 0.15) is 24.5 Å². The average molecular weight is 467 g/mol. The van der Waals surface area contributed by atoms with Gasteiger partial charge in [-0.15, -0.1) is 11.8 Å². The van der Waals surface area contributed by atoms with Gasteiger partial charge in [-0.1, -0.05) is 37.3 Å². The van der Waals surface area contributed by atoms with Gasteiger partial charge < -0.3 is 10.2 Å². The summed E-state index contributed by atoms with van der Waals surface area (Å²) in [6.07, 6.45) is 0.994. The maximum absolute atomic E-state index is 13.2. The zero-order valence-electron chi connectivity index (χ0n) is 19.8. The Morgan fingerprint density at radius 2 is 1.55 bits per heavy atom. The number of rotatable bonds is 5. The Morgan fingerprint density at radius 3 is 2.24 bits per heavy atom. The summed E-state index contributed by atoms with van der Waals surface area (Å²) in [7, 11) is 0. The van der Waals surface area contributed by atoms with E-state index >= 15 is 0 Å². The molecule has 0 spiro atoms. The number of aryl methyl sites for hydroxylation is 2. The number of para-hydroxylation sites is 2. The Labute approximate surface area is 201 Å². The van der Waals surface area contributed by atoms with Gasteiger partial charge in [-0.2, -0.15) is 0 Å². The highest BCUT2D eigenvalue weighted by atomic mass is 32.2. The number of anilines is 2. The third-order valence-electron chi connectivity index (χ3n) is 6.48. The predicted octanol–water partition coefficient (Wildman–Crippen LogP) is 3.78. The van der Waals surface area contributed by atoms with Gasteiger partial charge in [-0.3, -0.25) is 19.4 Å². The van der Waals surface area contributed by atoms with Crippen LogP contribution in [-0.2, 0) is 9.59 Å². The lowest BCUT2D eigenvalue weighted by atomic mass is 10.1. The predicted molar refractivity (Wildman–Crippen MR) is 136 cm³/mol. The molecule has 1 fully saturated rings. The van der Waals surface area contributed by atoms with Crippen molar-refractivity contribution in [2.24, 2.45) is 0 Å². The van der Waals surface area contributed by atoms with E-state index < -0.39 is 0 Å². The summed E-state index contributed by atoms with van der Waals surface area (Å²) in [6, 6.07) is 14.3. The number of nitrogens with zero attached hydrogens (tertiary/aromatic N) is 3. The molecule has 2 aromatic carbocycles. The van der Waals surface area contributed by atoms with Gasteiger partial charge in [0.1, 0.15) is 0 Å². The van der Waals surface area contributed by atoms with E-state index in [4.69, 9.17) is 0 Å². The first kappa shape index (κ1) is 23.8. The van der Waals surface area contributed by atoms with E-state index in [9.17, 15) is 9.59 Å². The molecule has 6 nitrogen and oxygen atoms in total. The molecule has 0 saturated carbocycles. The van der Waals surface area contributed by atoms with Crippen LogP contribution in [0.4, 0.5) is 11.4 Å². The van der Waals surface area contributed by atoms with Crippen molar-refractivity contribution in [2.75, 3.05) is 56.0 Å². The number of carbonyl (C=O) groups is 2. The van der Waals surface area contributed by atoms with Crippen molar-refractivity contribution in [2.45, 2.75) is 37.3 Å². The van der Waals surface area contributed by atoms with Crippen LogP contribution in [0.5, 0.6) is 0 Å². The summed E-state index contributed by atoms with van der Waals surface area (Å²) in [4.78, 5) is 33.4. The van der Waals surface area contributed by atoms with Crippen molar-refractivity contribution < 1.29 is 9.59 Å². The van der Waals surface area contributed by atoms with Crippen molar-refractivity contribution in [3.8, 4) is 0 Å². The minimum Gasteiger partial charge on any atom is -0.324 e. The van der Waals surface area contributed by atoms with Crippen LogP contribution in [0.25, 0.3) is 0 Å². The summed E-state index contributed by atoms with van der Waals surface area (Å²) in [5.41, 5.74) is 4.11. The van der Waals surface area contributed by atoms with E-state index in [1.165, 1.54) is 4.90 Å². The van der Waals surface area contributed by atoms with Crippen LogP contribution in [-0.4, -0.2) is 72.7 Å². The Balaban J connectivity index is 1.28. The van der Waals surface area contributed by atoms with Crippen LogP contribution in [0.3, 0.4) is 0 Å². The fraction of sp³-hybridized carbons (Fsp3) is 0.462. The van der Waals surface area contributed by atoms with Crippen LogP contribution in [0.2, 0.25) is 0 Å². The monoisotopic (exact) mass is 466 g/mol. The molecule has 1 atom stereocenters. The highest BCUT2D eigenvalue weighted by molar-refractivity contribution is 8.00. The summed E-state index contributed by atoms with van der Waals surface area (Å²) < 4.78 is 0. The van der Waals surface area contributed by atoms with E-state index in [2.05, 4.69) is 34.2 Å². The molecule has 0 radical (unpaired) electrons. The van der Waals surface area contributed by atoms with Crippen molar-refractivity contribution in [3.63, 3.8) is 0 Å². The summed E-state index contributed by atoms with van der Waals surface area (Å²) in [6.45, 7) is 11.0. The highest BCUT2D eigenvalue weighted by Gasteiger charge is 2.27. The number of hydrogen-bond donors (Lipinski definition) is 1. The molecular weight excluding hydrogens is 432 g/mol. The molecule has 2 amide bonds. The zero-order valence-corrected chi connectivity index (χ0v) is 20.7. The molecule has 0 bridgehead atoms. The number of benzene rings is 2. The highest BCUT2D eigenvalue weighted by Crippen LogP contribution is 2.37. The fourth-order valence-electron chi connectivity index (χ4n) is 4.52. The van der Waals surface area contributed by atoms with E-state index in [-0.39, 0.29) is 11.8 Å². The van der Waals surface area contributed by atoms with Gasteiger partial charge >= 0.3 is 0 Å². The van der Waals surface area contributed by atoms with E-state index in [0.29, 0.717) is 18.3 Å². The SMILES string of the molecule is Cc1cccc(C)c1NC(=O)CN1CCN(CC(=O)N2CCC(C)Sc3ccccc32)CC1. The normalized spacial score (nSPS) is 19.6. The minimum absolute atomic E-state index is 0.0183. The second-order valence-electron chi connectivity index (χ2n) is 9.10. The average Bonchev–Trinajstić information content (AvgIpc) is 2.96. The lowest BCUT2D eigenvalue weighted by molar-refractivity contribution is -0.121. The lowest BCUT2D eigenvalue weighted by Crippen LogP contribution is -2.51. The molecule has 2 aromatic rings. The number of nitrogens with one attached hydrogen (secondary N) is 1. The standard InChI is InChI=1S/C26H34N4O2S/c1-19-7-6-8-20(2)26(19)27-24(31)17-28-13-15-29(16-14-28)18-25(32)30-12-11-21(3)33-23-10-5-4-9-22(23)30/h4-10,21H,11-18H2,1-3H3,(H,27,31). The Kier molecular flexibility index (Phi) is 7.73. The van der Waals surface area contributed by atoms with Gasteiger partial charge in [0, 0.05) is 48.6 Å². The number of hydrogen-bond acceptors (Lipinski definition) is 5. The number of fused-ring (bicyclic) bond motifs is 1. The van der Waals surface area contributed by atoms with Gasteiger partial charge in [-0.25, -0.2) is 0 Å². The molecule has 1 N–H and O–H groups in total. The molecule has 4 rings (SSSR count). The van der Waals surface area contributed by atoms with Crippen LogP contribution < -0.4 is 10.2 Å². The zero-order chi connectivity index (χ0) is 23.4. The maximum atomic E-state index is 13.2. The first-order valence-corrected chi connectivity index (χ1v) is 12.7. The van der Waals surface area contributed by atoms with Crippen LogP contribution in [0, 0.1) is 13.8 Å². The van der Waals surface area contributed by atoms with Gasteiger partial charge in [0.2, 0.25) is 11.8 Å². The van der Waals surface area contributed by atoms with Crippen molar-refractivity contribution in [1.29, 1.82) is 0 Å². The first-order chi connectivity index (χ1) is 15.9. The molecule has 1 saturated heterocycles. The Hall–Kier alpha value is -2.35. The second kappa shape index (κ2) is 10.7. The summed E-state index contributed by atoms with van der Waals surface area (Å²) in [5, 5.41) is 3.58. The number of thioether (sulfide) groups is 1. The van der Waals surface area contributed by atoms with Crippen molar-refractivity contribution in [3.05, 3.63) is 53.6 Å². The third kappa shape index (κ3) is 5.96. The molecule has 1 unspecified atom stereocenters. The Bertz CT molecular complexity index is 983. The number of amides is 2. The second-order valence-corrected chi connectivity index (χ2v) is 10.6. The summed E-state index contributed by atoms with van der Waals surface area (Å²) in [5.74, 6) is 0.183. The van der Waals surface area contributed by atoms with Gasteiger partial charge in [-0.05, 0) is 43.5 Å². The minimum atomic E-state index is 0.0183. The first-order valence-electron chi connectivity index (χ1n) is 11.8. The maximum Gasteiger partial charge on any atom is 0.241 e. The largest absolute Gasteiger partial charge is 0.324 e. The van der Waals surface area contributed by atoms with Crippen molar-refractivity contribution >= 4 is 35.0 Å². The van der Waals surface area contributed by atoms with Crippen molar-refractivity contribution in [1.82, 2.24) is 9.80 Å². The quantitative estimate of drug-likeness (QED) is 0.727. The molecule has 33 heavy (non-hydrogen) atoms. The molecule has 176 valence electrons. The van der Waals surface area contributed by atoms with E-state index in [1.807, 2.05) is 60.8 Å². The molecule has 2 aliphatic heterocycles. The summed E-state index contributed by atoms with van der Waals surface area (Å²) >= 11 is 1.86. The smallest absolute Gasteiger partial charge is 0.241 e. The van der Waals surface area contributed by atoms with E-state index in [1.54, 1.807) is 0 Å². The Morgan fingerprint density at radius 1 is 0.909 bits per heavy atom.